The van der Waals surface area contributed by atoms with E-state index in [4.69, 9.17) is 37.4 Å². The number of hydrogen-bond donors (Lipinski definition) is 2. The number of nitrogens with zero attached hydrogens (tertiary/aromatic N) is 1. The number of rotatable bonds is 16. The van der Waals surface area contributed by atoms with Crippen molar-refractivity contribution in [3.63, 3.8) is 0 Å². The molecule has 238 valence electrons. The zero-order valence-electron chi connectivity index (χ0n) is 23.9. The highest BCUT2D eigenvalue weighted by atomic mass is 35.5. The third kappa shape index (κ3) is 11.4. The molecule has 1 atom stereocenters. The van der Waals surface area contributed by atoms with Gasteiger partial charge in [0.25, 0.3) is 0 Å². The first-order valence-corrected chi connectivity index (χ1v) is 14.6. The lowest BCUT2D eigenvalue weighted by atomic mass is 10.1. The number of para-hydroxylation sites is 1. The van der Waals surface area contributed by atoms with Crippen molar-refractivity contribution in [1.82, 2.24) is 4.90 Å². The van der Waals surface area contributed by atoms with Crippen molar-refractivity contribution in [1.29, 1.82) is 0 Å². The Morgan fingerprint density at radius 1 is 0.909 bits per heavy atom. The average molecular weight is 658 g/mol. The van der Waals surface area contributed by atoms with Crippen LogP contribution in [-0.4, -0.2) is 61.0 Å². The summed E-state index contributed by atoms with van der Waals surface area (Å²) in [6, 6.07) is 15.7. The summed E-state index contributed by atoms with van der Waals surface area (Å²) in [5.41, 5.74) is -0.558. The van der Waals surface area contributed by atoms with Gasteiger partial charge in [-0.3, -0.25) is 0 Å². The zero-order valence-corrected chi connectivity index (χ0v) is 25.4. The van der Waals surface area contributed by atoms with Crippen LogP contribution in [0.15, 0.2) is 66.7 Å². The predicted molar refractivity (Wildman–Crippen MR) is 162 cm³/mol. The fourth-order valence-corrected chi connectivity index (χ4v) is 4.69. The molecular formula is C31H33Cl2F3N2O6. The van der Waals surface area contributed by atoms with Crippen LogP contribution in [0.5, 0.6) is 11.5 Å². The van der Waals surface area contributed by atoms with E-state index >= 15 is 0 Å². The largest absolute Gasteiger partial charge is 0.493 e. The molecule has 0 radical (unpaired) electrons. The zero-order chi connectivity index (χ0) is 32.1. The van der Waals surface area contributed by atoms with Crippen molar-refractivity contribution in [2.75, 3.05) is 38.2 Å². The van der Waals surface area contributed by atoms with Crippen molar-refractivity contribution in [3.05, 3.63) is 87.9 Å². The summed E-state index contributed by atoms with van der Waals surface area (Å²) < 4.78 is 57.2. The number of carboxylic acid groups (broad SMARTS) is 1. The van der Waals surface area contributed by atoms with E-state index in [9.17, 15) is 27.9 Å². The molecule has 0 saturated carbocycles. The molecule has 0 saturated heterocycles. The molecular weight excluding hydrogens is 624 g/mol. The number of carbonyl (C=O) groups is 2. The van der Waals surface area contributed by atoms with Gasteiger partial charge < -0.3 is 29.5 Å². The van der Waals surface area contributed by atoms with Crippen LogP contribution >= 0.6 is 23.2 Å². The van der Waals surface area contributed by atoms with Crippen molar-refractivity contribution in [2.24, 2.45) is 0 Å². The van der Waals surface area contributed by atoms with E-state index in [1.165, 1.54) is 23.1 Å². The van der Waals surface area contributed by atoms with Crippen molar-refractivity contribution in [3.8, 4) is 11.5 Å². The van der Waals surface area contributed by atoms with E-state index in [0.29, 0.717) is 41.0 Å². The number of carbonyl (C=O) groups excluding carboxylic acids is 1. The van der Waals surface area contributed by atoms with Gasteiger partial charge in [-0.25, -0.2) is 9.59 Å². The van der Waals surface area contributed by atoms with E-state index < -0.39 is 29.8 Å². The first kappa shape index (κ1) is 34.8. The Morgan fingerprint density at radius 2 is 1.57 bits per heavy atom. The summed E-state index contributed by atoms with van der Waals surface area (Å²) in [5, 5.41) is 12.5. The van der Waals surface area contributed by atoms with Gasteiger partial charge in [-0.05, 0) is 67.8 Å². The Hall–Kier alpha value is -3.67. The molecule has 2 amide bonds. The van der Waals surface area contributed by atoms with Crippen LogP contribution in [0.4, 0.5) is 23.7 Å². The van der Waals surface area contributed by atoms with E-state index in [1.54, 1.807) is 49.4 Å². The van der Waals surface area contributed by atoms with Crippen LogP contribution < -0.4 is 14.8 Å². The highest BCUT2D eigenvalue weighted by Crippen LogP contribution is 2.34. The first-order valence-electron chi connectivity index (χ1n) is 13.8. The standard InChI is InChI=1S/C31H33Cl2F3N2O6/c1-2-42-28(29(39)40)17-21-9-11-24(12-10-21)44-16-14-38(13-5-6-15-43-25-19-22(32)18-23(33)20-25)30(41)37-27-8-4-3-7-26(27)31(34,35)36/h3-4,7-12,18-20,28H,2,5-6,13-17H2,1H3,(H,37,41)(H,39,40). The molecule has 13 heteroatoms. The third-order valence-electron chi connectivity index (χ3n) is 6.31. The minimum Gasteiger partial charge on any atom is -0.493 e. The molecule has 0 aliphatic heterocycles. The van der Waals surface area contributed by atoms with Gasteiger partial charge in [0.1, 0.15) is 18.1 Å². The molecule has 0 aromatic heterocycles. The summed E-state index contributed by atoms with van der Waals surface area (Å²) >= 11 is 12.0. The molecule has 44 heavy (non-hydrogen) atoms. The molecule has 0 heterocycles. The maximum atomic E-state index is 13.5. The van der Waals surface area contributed by atoms with Crippen molar-refractivity contribution >= 4 is 40.9 Å². The van der Waals surface area contributed by atoms with Crippen LogP contribution in [0.3, 0.4) is 0 Å². The second kappa shape index (κ2) is 17.0. The Balaban J connectivity index is 1.60. The van der Waals surface area contributed by atoms with Crippen LogP contribution in [0.1, 0.15) is 30.9 Å². The predicted octanol–water partition coefficient (Wildman–Crippen LogP) is 7.82. The number of halogens is 5. The van der Waals surface area contributed by atoms with Crippen molar-refractivity contribution < 1.29 is 42.1 Å². The molecule has 3 aromatic carbocycles. The number of urea groups is 1. The monoisotopic (exact) mass is 656 g/mol. The first-order chi connectivity index (χ1) is 21.0. The van der Waals surface area contributed by atoms with E-state index in [1.807, 2.05) is 0 Å². The summed E-state index contributed by atoms with van der Waals surface area (Å²) in [7, 11) is 0. The Kier molecular flexibility index (Phi) is 13.4. The summed E-state index contributed by atoms with van der Waals surface area (Å²) in [4.78, 5) is 25.8. The lowest BCUT2D eigenvalue weighted by Gasteiger charge is -2.24. The number of carboxylic acids is 1. The van der Waals surface area contributed by atoms with E-state index in [-0.39, 0.29) is 38.4 Å². The van der Waals surface area contributed by atoms with Gasteiger partial charge in [-0.2, -0.15) is 13.2 Å². The van der Waals surface area contributed by atoms with Crippen LogP contribution in [-0.2, 0) is 22.1 Å². The number of benzene rings is 3. The molecule has 0 spiro atoms. The minimum atomic E-state index is -4.64. The summed E-state index contributed by atoms with van der Waals surface area (Å²) in [6.45, 7) is 2.65. The molecule has 1 unspecified atom stereocenters. The molecule has 0 bridgehead atoms. The Bertz CT molecular complexity index is 1360. The van der Waals surface area contributed by atoms with E-state index in [2.05, 4.69) is 5.32 Å². The van der Waals surface area contributed by atoms with Crippen molar-refractivity contribution in [2.45, 2.75) is 38.5 Å². The van der Waals surface area contributed by atoms with Gasteiger partial charge in [-0.15, -0.1) is 0 Å². The molecule has 0 aliphatic carbocycles. The number of ether oxygens (including phenoxy) is 3. The van der Waals surface area contributed by atoms with Crippen LogP contribution in [0.2, 0.25) is 10.0 Å². The van der Waals surface area contributed by atoms with Gasteiger partial charge in [0.05, 0.1) is 24.4 Å². The van der Waals surface area contributed by atoms with Gasteiger partial charge in [0.15, 0.2) is 6.10 Å². The van der Waals surface area contributed by atoms with Gasteiger partial charge in [-0.1, -0.05) is 47.5 Å². The van der Waals surface area contributed by atoms with Gasteiger partial charge in [0.2, 0.25) is 0 Å². The Labute approximate surface area is 263 Å². The normalized spacial score (nSPS) is 12.0. The smallest absolute Gasteiger partial charge is 0.418 e. The maximum absolute atomic E-state index is 13.5. The topological polar surface area (TPSA) is 97.3 Å². The van der Waals surface area contributed by atoms with Gasteiger partial charge in [0, 0.05) is 29.6 Å². The quantitative estimate of drug-likeness (QED) is 0.153. The lowest BCUT2D eigenvalue weighted by molar-refractivity contribution is -0.150. The number of hydrogen-bond acceptors (Lipinski definition) is 5. The van der Waals surface area contributed by atoms with E-state index in [0.717, 1.165) is 11.6 Å². The number of alkyl halides is 3. The second-order valence-corrected chi connectivity index (χ2v) is 10.5. The summed E-state index contributed by atoms with van der Waals surface area (Å²) in [5.74, 6) is -0.0751. The highest BCUT2D eigenvalue weighted by molar-refractivity contribution is 6.34. The van der Waals surface area contributed by atoms with Crippen LogP contribution in [0, 0.1) is 0 Å². The molecule has 3 aromatic rings. The molecule has 3 rings (SSSR count). The lowest BCUT2D eigenvalue weighted by Crippen LogP contribution is -2.39. The molecule has 2 N–H and O–H groups in total. The third-order valence-corrected chi connectivity index (χ3v) is 6.74. The number of unbranched alkanes of at least 4 members (excludes halogenated alkanes) is 1. The van der Waals surface area contributed by atoms with Crippen LogP contribution in [0.25, 0.3) is 0 Å². The second-order valence-electron chi connectivity index (χ2n) is 9.60. The molecule has 0 fully saturated rings. The number of anilines is 1. The Morgan fingerprint density at radius 3 is 2.20 bits per heavy atom. The number of aliphatic carboxylic acids is 1. The number of nitrogens with one attached hydrogen (secondary N) is 1. The fourth-order valence-electron chi connectivity index (χ4n) is 4.18. The molecule has 0 aliphatic rings. The summed E-state index contributed by atoms with van der Waals surface area (Å²) in [6.07, 6.45) is -4.39. The van der Waals surface area contributed by atoms with Gasteiger partial charge >= 0.3 is 18.2 Å². The number of amides is 2. The highest BCUT2D eigenvalue weighted by Gasteiger charge is 2.34. The average Bonchev–Trinajstić information content (AvgIpc) is 2.95. The SMILES string of the molecule is CCOC(Cc1ccc(OCCN(CCCCOc2cc(Cl)cc(Cl)c2)C(=O)Nc2ccccc2C(F)(F)F)cc1)C(=O)O. The minimum absolute atomic E-state index is 0.0574. The molecule has 8 nitrogen and oxygen atoms in total. The fraction of sp³-hybridized carbons (Fsp3) is 0.355. The maximum Gasteiger partial charge on any atom is 0.418 e.